The van der Waals surface area contributed by atoms with Crippen LogP contribution >= 0.6 is 0 Å². The van der Waals surface area contributed by atoms with Gasteiger partial charge in [-0.2, -0.15) is 4.98 Å². The van der Waals surface area contributed by atoms with Crippen molar-refractivity contribution in [3.63, 3.8) is 0 Å². The number of esters is 1. The Morgan fingerprint density at radius 1 is 1.24 bits per heavy atom. The number of hydrogen-bond donors (Lipinski definition) is 2. The number of likely N-dealkylation sites (N-methyl/N-ethyl adjacent to an activating group) is 1. The first kappa shape index (κ1) is 23.2. The third-order valence-corrected chi connectivity index (χ3v) is 6.47. The zero-order chi connectivity index (χ0) is 23.4. The van der Waals surface area contributed by atoms with Gasteiger partial charge in [0.15, 0.2) is 11.6 Å². The summed E-state index contributed by atoms with van der Waals surface area (Å²) in [6.45, 7) is 8.34. The number of carbonyl (C=O) groups excluding carboxylic acids is 1. The van der Waals surface area contributed by atoms with E-state index in [4.69, 9.17) is 4.74 Å². The number of nitrogens with zero attached hydrogens (tertiary/aromatic N) is 4. The highest BCUT2D eigenvalue weighted by atomic mass is 19.1. The second kappa shape index (κ2) is 10.3. The number of benzene rings is 1. The van der Waals surface area contributed by atoms with Crippen LogP contribution in [0.4, 0.5) is 27.5 Å². The third-order valence-electron chi connectivity index (χ3n) is 6.47. The first-order valence-electron chi connectivity index (χ1n) is 11.7. The van der Waals surface area contributed by atoms with Crippen LogP contribution in [0.3, 0.4) is 0 Å². The van der Waals surface area contributed by atoms with Gasteiger partial charge in [0.2, 0.25) is 5.95 Å². The van der Waals surface area contributed by atoms with Crippen molar-refractivity contribution in [2.24, 2.45) is 5.92 Å². The van der Waals surface area contributed by atoms with Gasteiger partial charge >= 0.3 is 5.97 Å². The molecule has 1 saturated heterocycles. The van der Waals surface area contributed by atoms with Gasteiger partial charge in [0.1, 0.15) is 0 Å². The van der Waals surface area contributed by atoms with Gasteiger partial charge in [-0.25, -0.2) is 9.37 Å². The monoisotopic (exact) mass is 456 g/mol. The Balaban J connectivity index is 1.44. The highest BCUT2D eigenvalue weighted by Crippen LogP contribution is 2.31. The molecule has 4 rings (SSSR count). The van der Waals surface area contributed by atoms with E-state index in [1.54, 1.807) is 6.92 Å². The molecule has 1 aromatic carbocycles. The van der Waals surface area contributed by atoms with Gasteiger partial charge < -0.3 is 25.2 Å². The molecule has 178 valence electrons. The number of aromatic nitrogens is 2. The zero-order valence-corrected chi connectivity index (χ0v) is 19.6. The molecule has 9 heteroatoms. The lowest BCUT2D eigenvalue weighted by molar-refractivity contribution is -0.148. The molecule has 1 aromatic heterocycles. The normalized spacial score (nSPS) is 21.2. The first-order chi connectivity index (χ1) is 15.9. The van der Waals surface area contributed by atoms with Gasteiger partial charge in [0.05, 0.1) is 18.7 Å². The summed E-state index contributed by atoms with van der Waals surface area (Å²) >= 11 is 0. The van der Waals surface area contributed by atoms with Crippen LogP contribution in [-0.2, 0) is 9.53 Å². The average molecular weight is 457 g/mol. The molecular weight excluding hydrogens is 423 g/mol. The smallest absolute Gasteiger partial charge is 0.311 e. The molecule has 0 spiro atoms. The van der Waals surface area contributed by atoms with Crippen molar-refractivity contribution >= 4 is 29.1 Å². The fourth-order valence-corrected chi connectivity index (χ4v) is 4.63. The Kier molecular flexibility index (Phi) is 7.27. The highest BCUT2D eigenvalue weighted by molar-refractivity contribution is 5.74. The number of halogens is 1. The molecule has 0 radical (unpaired) electrons. The number of carbonyl (C=O) groups is 1. The van der Waals surface area contributed by atoms with Crippen LogP contribution in [0.1, 0.15) is 31.7 Å². The van der Waals surface area contributed by atoms with Crippen molar-refractivity contribution in [3.05, 3.63) is 35.8 Å². The average Bonchev–Trinajstić information content (AvgIpc) is 3.25. The molecule has 2 atom stereocenters. The predicted octanol–water partition coefficient (Wildman–Crippen LogP) is 3.56. The maximum atomic E-state index is 14.4. The number of ether oxygens (including phenoxy) is 1. The quantitative estimate of drug-likeness (QED) is 0.612. The number of rotatable bonds is 7. The Labute approximate surface area is 194 Å². The molecule has 33 heavy (non-hydrogen) atoms. The lowest BCUT2D eigenvalue weighted by Gasteiger charge is -2.35. The van der Waals surface area contributed by atoms with E-state index >= 15 is 0 Å². The van der Waals surface area contributed by atoms with Crippen LogP contribution in [0, 0.1) is 18.7 Å². The second-order valence-corrected chi connectivity index (χ2v) is 8.85. The van der Waals surface area contributed by atoms with E-state index in [1.807, 2.05) is 6.07 Å². The summed E-state index contributed by atoms with van der Waals surface area (Å²) in [5.41, 5.74) is 3.23. The van der Waals surface area contributed by atoms with Crippen LogP contribution in [0.15, 0.2) is 24.4 Å². The van der Waals surface area contributed by atoms with Crippen molar-refractivity contribution in [3.8, 4) is 0 Å². The van der Waals surface area contributed by atoms with E-state index in [-0.39, 0.29) is 23.7 Å². The van der Waals surface area contributed by atoms with Crippen LogP contribution in [0.2, 0.25) is 0 Å². The topological polar surface area (TPSA) is 82.6 Å². The summed E-state index contributed by atoms with van der Waals surface area (Å²) in [4.78, 5) is 25.4. The number of anilines is 4. The van der Waals surface area contributed by atoms with E-state index in [9.17, 15) is 9.18 Å². The Hall–Kier alpha value is -2.94. The fraction of sp³-hybridized carbons (Fsp3) is 0.542. The molecule has 2 aromatic rings. The van der Waals surface area contributed by atoms with E-state index in [0.717, 1.165) is 62.9 Å². The molecular formula is C24H33FN6O2. The van der Waals surface area contributed by atoms with Gasteiger partial charge in [-0.1, -0.05) is 6.42 Å². The molecule has 2 aliphatic rings. The first-order valence-corrected chi connectivity index (χ1v) is 11.7. The minimum atomic E-state index is -0.545. The van der Waals surface area contributed by atoms with Crippen molar-refractivity contribution in [1.29, 1.82) is 0 Å². The molecule has 2 N–H and O–H groups in total. The molecule has 0 bridgehead atoms. The van der Waals surface area contributed by atoms with Gasteiger partial charge in [0, 0.05) is 43.6 Å². The lowest BCUT2D eigenvalue weighted by Crippen LogP contribution is -2.44. The van der Waals surface area contributed by atoms with E-state index in [1.165, 1.54) is 5.69 Å². The number of piperazine rings is 1. The summed E-state index contributed by atoms with van der Waals surface area (Å²) in [6.07, 6.45) is 3.53. The molecule has 1 aliphatic carbocycles. The minimum absolute atomic E-state index is 0.0967. The molecule has 1 saturated carbocycles. The van der Waals surface area contributed by atoms with Crippen molar-refractivity contribution in [2.75, 3.05) is 55.4 Å². The summed E-state index contributed by atoms with van der Waals surface area (Å²) in [5.74, 6) is -0.677. The standard InChI is InChI=1S/C24H33FN6O2/c1-4-33-23(32)18-6-5-7-20(18)28-22-19(25)15-26-24(29-22)27-17-8-9-21(16(2)14-17)31-12-10-30(3)11-13-31/h8-9,14-15,18,20H,4-7,10-13H2,1-3H3,(H2,26,27,28,29)/t18?,20-/m0/s1. The SMILES string of the molecule is CCOC(=O)C1CCC[C@@H]1Nc1nc(Nc2ccc(N3CCN(C)CC3)c(C)c2)ncc1F. The largest absolute Gasteiger partial charge is 0.466 e. The van der Waals surface area contributed by atoms with Crippen LogP contribution in [0.5, 0.6) is 0 Å². The van der Waals surface area contributed by atoms with Crippen LogP contribution in [0.25, 0.3) is 0 Å². The second-order valence-electron chi connectivity index (χ2n) is 8.85. The van der Waals surface area contributed by atoms with Crippen molar-refractivity contribution < 1.29 is 13.9 Å². The lowest BCUT2D eigenvalue weighted by atomic mass is 10.0. The maximum Gasteiger partial charge on any atom is 0.311 e. The van der Waals surface area contributed by atoms with E-state index in [0.29, 0.717) is 12.6 Å². The summed E-state index contributed by atoms with van der Waals surface area (Å²) in [6, 6.07) is 5.95. The Morgan fingerprint density at radius 3 is 2.76 bits per heavy atom. The van der Waals surface area contributed by atoms with Gasteiger partial charge in [-0.15, -0.1) is 0 Å². The summed E-state index contributed by atoms with van der Waals surface area (Å²) < 4.78 is 19.6. The van der Waals surface area contributed by atoms with Gasteiger partial charge in [0.25, 0.3) is 0 Å². The predicted molar refractivity (Wildman–Crippen MR) is 128 cm³/mol. The number of nitrogens with one attached hydrogen (secondary N) is 2. The van der Waals surface area contributed by atoms with Crippen molar-refractivity contribution in [2.45, 2.75) is 39.2 Å². The maximum absolute atomic E-state index is 14.4. The minimum Gasteiger partial charge on any atom is -0.466 e. The molecule has 2 fully saturated rings. The van der Waals surface area contributed by atoms with Crippen LogP contribution < -0.4 is 15.5 Å². The van der Waals surface area contributed by atoms with Crippen molar-refractivity contribution in [1.82, 2.24) is 14.9 Å². The summed E-state index contributed by atoms with van der Waals surface area (Å²) in [5, 5.41) is 6.30. The number of hydrogen-bond acceptors (Lipinski definition) is 8. The van der Waals surface area contributed by atoms with E-state index < -0.39 is 5.82 Å². The number of aryl methyl sites for hydroxylation is 1. The Morgan fingerprint density at radius 2 is 2.03 bits per heavy atom. The fourth-order valence-electron chi connectivity index (χ4n) is 4.63. The Bertz CT molecular complexity index is 979. The van der Waals surface area contributed by atoms with Gasteiger partial charge in [-0.3, -0.25) is 4.79 Å². The zero-order valence-electron chi connectivity index (χ0n) is 19.6. The highest BCUT2D eigenvalue weighted by Gasteiger charge is 2.34. The van der Waals surface area contributed by atoms with Crippen LogP contribution in [-0.4, -0.2) is 66.7 Å². The van der Waals surface area contributed by atoms with Gasteiger partial charge in [-0.05, 0) is 57.5 Å². The molecule has 2 heterocycles. The summed E-state index contributed by atoms with van der Waals surface area (Å²) in [7, 11) is 2.15. The van der Waals surface area contributed by atoms with E-state index in [2.05, 4.69) is 56.5 Å². The molecule has 8 nitrogen and oxygen atoms in total. The molecule has 1 aliphatic heterocycles. The molecule has 0 amide bonds. The third kappa shape index (κ3) is 5.52. The molecule has 1 unspecified atom stereocenters.